The van der Waals surface area contributed by atoms with Crippen molar-refractivity contribution in [2.45, 2.75) is 11.8 Å². The molecule has 0 saturated heterocycles. The average molecular weight is 373 g/mol. The molecule has 0 heterocycles. The molecule has 2 N–H and O–H groups in total. The first-order valence-electron chi connectivity index (χ1n) is 6.54. The number of aryl methyl sites for hydroxylation is 1. The molecule has 0 radical (unpaired) electrons. The van der Waals surface area contributed by atoms with E-state index in [1.807, 2.05) is 6.92 Å². The van der Waals surface area contributed by atoms with Crippen molar-refractivity contribution in [2.75, 3.05) is 10.8 Å². The highest BCUT2D eigenvalue weighted by atomic mass is 35.5. The molecule has 0 aliphatic carbocycles. The summed E-state index contributed by atoms with van der Waals surface area (Å²) in [5, 5.41) is 0.458. The van der Waals surface area contributed by atoms with Crippen molar-refractivity contribution in [3.8, 4) is 0 Å². The number of nitrogens with zero attached hydrogens (tertiary/aromatic N) is 1. The zero-order chi connectivity index (χ0) is 17.2. The van der Waals surface area contributed by atoms with Crippen molar-refractivity contribution in [2.24, 2.45) is 5.73 Å². The van der Waals surface area contributed by atoms with Gasteiger partial charge >= 0.3 is 0 Å². The Morgan fingerprint density at radius 3 is 2.26 bits per heavy atom. The lowest BCUT2D eigenvalue weighted by Crippen LogP contribution is -2.38. The fraction of sp³-hybridized carbons (Fsp3) is 0.133. The molecule has 5 nitrogen and oxygen atoms in total. The van der Waals surface area contributed by atoms with Gasteiger partial charge in [-0.1, -0.05) is 40.9 Å². The summed E-state index contributed by atoms with van der Waals surface area (Å²) in [7, 11) is -4.00. The summed E-state index contributed by atoms with van der Waals surface area (Å²) in [6.07, 6.45) is 0. The molecule has 2 aromatic carbocycles. The first kappa shape index (κ1) is 17.6. The first-order chi connectivity index (χ1) is 10.7. The molecular weight excluding hydrogens is 359 g/mol. The number of halogens is 2. The van der Waals surface area contributed by atoms with E-state index in [0.29, 0.717) is 5.02 Å². The van der Waals surface area contributed by atoms with Crippen LogP contribution >= 0.6 is 23.2 Å². The SMILES string of the molecule is Cc1ccc(S(=O)(=O)N(CC(N)=O)c2ccc(Cl)cc2Cl)cc1. The van der Waals surface area contributed by atoms with Crippen LogP contribution in [0.2, 0.25) is 10.0 Å². The van der Waals surface area contributed by atoms with Crippen molar-refractivity contribution in [3.63, 3.8) is 0 Å². The van der Waals surface area contributed by atoms with Gasteiger partial charge in [-0.3, -0.25) is 9.10 Å². The zero-order valence-corrected chi connectivity index (χ0v) is 14.5. The number of benzene rings is 2. The minimum Gasteiger partial charge on any atom is -0.368 e. The predicted octanol–water partition coefficient (Wildman–Crippen LogP) is 2.98. The fourth-order valence-electron chi connectivity index (χ4n) is 1.96. The molecule has 1 amide bonds. The van der Waals surface area contributed by atoms with E-state index in [9.17, 15) is 13.2 Å². The molecular formula is C15H14Cl2N2O3S. The Balaban J connectivity index is 2.57. The molecule has 23 heavy (non-hydrogen) atoms. The van der Waals surface area contributed by atoms with E-state index < -0.39 is 22.5 Å². The maximum absolute atomic E-state index is 12.8. The predicted molar refractivity (Wildman–Crippen MR) is 91.4 cm³/mol. The number of primary amides is 1. The second-order valence-electron chi connectivity index (χ2n) is 4.89. The van der Waals surface area contributed by atoms with E-state index in [2.05, 4.69) is 0 Å². The molecule has 0 unspecified atom stereocenters. The number of amides is 1. The summed E-state index contributed by atoms with van der Waals surface area (Å²) in [5.74, 6) is -0.799. The van der Waals surface area contributed by atoms with E-state index in [1.54, 1.807) is 12.1 Å². The van der Waals surface area contributed by atoms with Gasteiger partial charge in [0.1, 0.15) is 6.54 Å². The van der Waals surface area contributed by atoms with Gasteiger partial charge in [0.15, 0.2) is 0 Å². The summed E-state index contributed by atoms with van der Waals surface area (Å²) in [4.78, 5) is 11.4. The van der Waals surface area contributed by atoms with Crippen LogP contribution in [0.4, 0.5) is 5.69 Å². The third-order valence-corrected chi connectivity index (χ3v) is 5.40. The summed E-state index contributed by atoms with van der Waals surface area (Å²) in [5.41, 5.74) is 6.24. The van der Waals surface area contributed by atoms with E-state index in [4.69, 9.17) is 28.9 Å². The topological polar surface area (TPSA) is 80.5 Å². The molecule has 2 rings (SSSR count). The quantitative estimate of drug-likeness (QED) is 0.875. The highest BCUT2D eigenvalue weighted by Crippen LogP contribution is 2.32. The Morgan fingerprint density at radius 1 is 1.13 bits per heavy atom. The Hall–Kier alpha value is -1.76. The molecule has 0 fully saturated rings. The van der Waals surface area contributed by atoms with Crippen molar-refractivity contribution >= 4 is 44.8 Å². The van der Waals surface area contributed by atoms with Gasteiger partial charge in [-0.05, 0) is 37.3 Å². The molecule has 0 saturated carbocycles. The minimum atomic E-state index is -4.00. The highest BCUT2D eigenvalue weighted by molar-refractivity contribution is 7.92. The number of rotatable bonds is 5. The van der Waals surface area contributed by atoms with Crippen LogP contribution in [0.25, 0.3) is 0 Å². The van der Waals surface area contributed by atoms with Gasteiger partial charge in [0, 0.05) is 5.02 Å². The lowest BCUT2D eigenvalue weighted by Gasteiger charge is -2.24. The van der Waals surface area contributed by atoms with E-state index in [1.165, 1.54) is 30.3 Å². The molecule has 0 atom stereocenters. The minimum absolute atomic E-state index is 0.0374. The van der Waals surface area contributed by atoms with E-state index >= 15 is 0 Å². The lowest BCUT2D eigenvalue weighted by atomic mass is 10.2. The number of carbonyl (C=O) groups excluding carboxylic acids is 1. The van der Waals surface area contributed by atoms with Crippen molar-refractivity contribution in [1.29, 1.82) is 0 Å². The molecule has 2 aromatic rings. The van der Waals surface area contributed by atoms with Crippen molar-refractivity contribution in [1.82, 2.24) is 0 Å². The van der Waals surface area contributed by atoms with Crippen LogP contribution in [0.15, 0.2) is 47.4 Å². The largest absolute Gasteiger partial charge is 0.368 e. The van der Waals surface area contributed by atoms with Gasteiger partial charge in [-0.15, -0.1) is 0 Å². The molecule has 0 aliphatic heterocycles. The van der Waals surface area contributed by atoms with Crippen LogP contribution < -0.4 is 10.0 Å². The third-order valence-electron chi connectivity index (χ3n) is 3.09. The second-order valence-corrected chi connectivity index (χ2v) is 7.59. The van der Waals surface area contributed by atoms with Gasteiger partial charge in [0.2, 0.25) is 5.91 Å². The van der Waals surface area contributed by atoms with Crippen LogP contribution in [0.3, 0.4) is 0 Å². The van der Waals surface area contributed by atoms with Gasteiger partial charge in [0.05, 0.1) is 15.6 Å². The lowest BCUT2D eigenvalue weighted by molar-refractivity contribution is -0.116. The molecule has 0 bridgehead atoms. The first-order valence-corrected chi connectivity index (χ1v) is 8.74. The maximum Gasteiger partial charge on any atom is 0.264 e. The summed E-state index contributed by atoms with van der Waals surface area (Å²) < 4.78 is 26.6. The van der Waals surface area contributed by atoms with Crippen LogP contribution in [-0.2, 0) is 14.8 Å². The van der Waals surface area contributed by atoms with Crippen molar-refractivity contribution < 1.29 is 13.2 Å². The average Bonchev–Trinajstić information content (AvgIpc) is 2.45. The number of carbonyl (C=O) groups is 1. The molecule has 0 aliphatic rings. The van der Waals surface area contributed by atoms with E-state index in [0.717, 1.165) is 9.87 Å². The van der Waals surface area contributed by atoms with Gasteiger partial charge in [-0.2, -0.15) is 0 Å². The Kier molecular flexibility index (Phi) is 5.19. The highest BCUT2D eigenvalue weighted by Gasteiger charge is 2.28. The Labute approximate surface area is 144 Å². The Bertz CT molecular complexity index is 836. The fourth-order valence-corrected chi connectivity index (χ4v) is 3.97. The van der Waals surface area contributed by atoms with Crippen LogP contribution in [0, 0.1) is 6.92 Å². The van der Waals surface area contributed by atoms with Crippen LogP contribution in [0.1, 0.15) is 5.56 Å². The van der Waals surface area contributed by atoms with Crippen LogP contribution in [0.5, 0.6) is 0 Å². The maximum atomic E-state index is 12.8. The zero-order valence-electron chi connectivity index (χ0n) is 12.2. The van der Waals surface area contributed by atoms with Crippen molar-refractivity contribution in [3.05, 3.63) is 58.1 Å². The summed E-state index contributed by atoms with van der Waals surface area (Å²) in [6.45, 7) is 1.31. The number of nitrogens with two attached hydrogens (primary N) is 1. The number of hydrogen-bond donors (Lipinski definition) is 1. The van der Waals surface area contributed by atoms with Gasteiger partial charge in [-0.25, -0.2) is 8.42 Å². The number of sulfonamides is 1. The monoisotopic (exact) mass is 372 g/mol. The normalized spacial score (nSPS) is 11.3. The molecule has 8 heteroatoms. The summed E-state index contributed by atoms with van der Waals surface area (Å²) >= 11 is 11.9. The Morgan fingerprint density at radius 2 is 1.74 bits per heavy atom. The molecule has 122 valence electrons. The van der Waals surface area contributed by atoms with Gasteiger partial charge in [0.25, 0.3) is 10.0 Å². The third kappa shape index (κ3) is 3.96. The number of hydrogen-bond acceptors (Lipinski definition) is 3. The molecule has 0 aromatic heterocycles. The smallest absolute Gasteiger partial charge is 0.264 e. The standard InChI is InChI=1S/C15H14Cl2N2O3S/c1-10-2-5-12(6-3-10)23(21,22)19(9-15(18)20)14-7-4-11(16)8-13(14)17/h2-8H,9H2,1H3,(H2,18,20). The number of anilines is 1. The molecule has 0 spiro atoms. The summed E-state index contributed by atoms with van der Waals surface area (Å²) in [6, 6.07) is 10.6. The second kappa shape index (κ2) is 6.78. The van der Waals surface area contributed by atoms with E-state index in [-0.39, 0.29) is 15.6 Å². The van der Waals surface area contributed by atoms with Crippen LogP contribution in [-0.4, -0.2) is 20.9 Å². The van der Waals surface area contributed by atoms with Gasteiger partial charge < -0.3 is 5.73 Å².